The molecule has 0 saturated heterocycles. The maximum Gasteiger partial charge on any atom is 0.358 e. The lowest BCUT2D eigenvalue weighted by Gasteiger charge is -2.02. The Morgan fingerprint density at radius 3 is 2.19 bits per heavy atom. The maximum absolute atomic E-state index is 10.5. The number of halogens is 1. The van der Waals surface area contributed by atoms with Gasteiger partial charge in [0.15, 0.2) is 13.7 Å². The number of rotatable bonds is 5. The predicted octanol–water partition coefficient (Wildman–Crippen LogP) is 0.204. The van der Waals surface area contributed by atoms with Crippen LogP contribution in [-0.2, 0) is 4.79 Å². The molecule has 0 radical (unpaired) electrons. The molecule has 2 aromatic rings. The summed E-state index contributed by atoms with van der Waals surface area (Å²) in [7, 11) is 0. The van der Waals surface area contributed by atoms with Crippen LogP contribution in [0.15, 0.2) is 36.4 Å². The topological polar surface area (TPSA) is 46.5 Å². The number of carbonyl (C=O) groups is 1. The van der Waals surface area contributed by atoms with Crippen molar-refractivity contribution in [1.82, 2.24) is 0 Å². The van der Waals surface area contributed by atoms with Gasteiger partial charge in [0, 0.05) is 11.1 Å². The average molecular weight is 397 g/mol. The second-order valence-corrected chi connectivity index (χ2v) is 7.81. The molecule has 21 heavy (non-hydrogen) atoms. The van der Waals surface area contributed by atoms with Gasteiger partial charge in [0.2, 0.25) is 0 Å². The lowest BCUT2D eigenvalue weighted by molar-refractivity contribution is -0.598. The third kappa shape index (κ3) is 4.46. The molecule has 1 N–H and O–H groups in total. The third-order valence-corrected chi connectivity index (χ3v) is 6.54. The Hall–Kier alpha value is -1.56. The number of ether oxygens (including phenoxy) is 1. The van der Waals surface area contributed by atoms with E-state index in [0.717, 1.165) is 0 Å². The fraction of sp³-hybridized carbons (Fsp3) is 0.235. The lowest BCUT2D eigenvalue weighted by Crippen LogP contribution is -3.62. The van der Waals surface area contributed by atoms with Crippen molar-refractivity contribution in [1.29, 1.82) is 0 Å². The molecule has 0 saturated carbocycles. The van der Waals surface area contributed by atoms with Gasteiger partial charge in [0.25, 0.3) is 0 Å². The van der Waals surface area contributed by atoms with Crippen LogP contribution in [0.3, 0.4) is 0 Å². The minimum Gasteiger partial charge on any atom is -0.482 e. The molecule has 110 valence electrons. The zero-order chi connectivity index (χ0) is 15.4. The summed E-state index contributed by atoms with van der Waals surface area (Å²) in [5.74, 6) is -0.361. The number of benzene rings is 2. The molecule has 0 unspecified atom stereocenters. The van der Waals surface area contributed by atoms with Gasteiger partial charge in [-0.3, -0.25) is 0 Å². The number of aryl methyl sites for hydroxylation is 3. The first kappa shape index (κ1) is 15.8. The van der Waals surface area contributed by atoms with E-state index in [4.69, 9.17) is 9.84 Å². The van der Waals surface area contributed by atoms with Crippen LogP contribution in [0, 0.1) is 27.9 Å². The van der Waals surface area contributed by atoms with E-state index in [0.29, 0.717) is 5.75 Å². The number of hydrogen-bond donors (Lipinski definition) is 1. The molecule has 0 bridgehead atoms. The van der Waals surface area contributed by atoms with Gasteiger partial charge in [0.1, 0.15) is 5.75 Å². The van der Waals surface area contributed by atoms with E-state index in [1.807, 2.05) is 24.3 Å². The van der Waals surface area contributed by atoms with Crippen LogP contribution >= 0.6 is 0 Å². The van der Waals surface area contributed by atoms with Gasteiger partial charge in [-0.15, -0.1) is 0 Å². The molecule has 0 spiro atoms. The fourth-order valence-electron chi connectivity index (χ4n) is 2.16. The quantitative estimate of drug-likeness (QED) is 0.734. The first-order valence-corrected chi connectivity index (χ1v) is 8.79. The monoisotopic (exact) mass is 397 g/mol. The van der Waals surface area contributed by atoms with E-state index in [1.165, 1.54) is 23.8 Å². The summed E-state index contributed by atoms with van der Waals surface area (Å²) >= 11 is -0.235. The van der Waals surface area contributed by atoms with Gasteiger partial charge in [0.05, 0.1) is 0 Å². The molecule has 0 heterocycles. The van der Waals surface area contributed by atoms with E-state index in [-0.39, 0.29) is 27.8 Å². The van der Waals surface area contributed by atoms with Crippen molar-refractivity contribution in [3.05, 3.63) is 60.2 Å². The predicted molar refractivity (Wildman–Crippen MR) is 77.6 cm³/mol. The fourth-order valence-corrected chi connectivity index (χ4v) is 4.66. The van der Waals surface area contributed by atoms with Crippen molar-refractivity contribution in [3.8, 4) is 5.75 Å². The van der Waals surface area contributed by atoms with Crippen molar-refractivity contribution in [2.75, 3.05) is 6.61 Å². The minimum absolute atomic E-state index is 0.235. The van der Waals surface area contributed by atoms with Crippen molar-refractivity contribution in [2.24, 2.45) is 0 Å². The number of carboxylic acids is 1. The highest BCUT2D eigenvalue weighted by Crippen LogP contribution is 2.09. The molecule has 3 nitrogen and oxygen atoms in total. The van der Waals surface area contributed by atoms with Crippen LogP contribution in [0.4, 0.5) is 0 Å². The Labute approximate surface area is 135 Å². The molecule has 2 aromatic carbocycles. The molecule has 0 aliphatic heterocycles. The van der Waals surface area contributed by atoms with Crippen LogP contribution in [0.5, 0.6) is 5.75 Å². The molecule has 0 aromatic heterocycles. The van der Waals surface area contributed by atoms with Crippen LogP contribution in [0.1, 0.15) is 16.7 Å². The van der Waals surface area contributed by atoms with E-state index in [1.54, 1.807) is 0 Å². The maximum atomic E-state index is 10.5. The minimum atomic E-state index is -0.961. The summed E-state index contributed by atoms with van der Waals surface area (Å²) in [6.07, 6.45) is 0. The molecule has 4 heteroatoms. The standard InChI is InChI=1S/C17H17IO3/c1-11-8-12(2)17(13(3)9-11)18-14-4-6-15(7-5-14)21-10-16(19)20/h4-9H,10H2,1-3H3/p+1. The molecule has 2 rings (SSSR count). The molecule has 0 aliphatic rings. The Kier molecular flexibility index (Phi) is 5.22. The van der Waals surface area contributed by atoms with Gasteiger partial charge < -0.3 is 9.84 Å². The number of aliphatic carboxylic acids is 1. The van der Waals surface area contributed by atoms with Crippen LogP contribution in [-0.4, -0.2) is 17.7 Å². The Morgan fingerprint density at radius 1 is 1.10 bits per heavy atom. The summed E-state index contributed by atoms with van der Waals surface area (Å²) in [6.45, 7) is 6.15. The van der Waals surface area contributed by atoms with E-state index in [9.17, 15) is 4.79 Å². The van der Waals surface area contributed by atoms with Crippen molar-refractivity contribution in [3.63, 3.8) is 0 Å². The summed E-state index contributed by atoms with van der Waals surface area (Å²) in [4.78, 5) is 10.5. The smallest absolute Gasteiger partial charge is 0.358 e. The highest BCUT2D eigenvalue weighted by molar-refractivity contribution is 5.68. The van der Waals surface area contributed by atoms with Gasteiger partial charge >= 0.3 is 27.2 Å². The lowest BCUT2D eigenvalue weighted by atomic mass is 10.1. The Balaban J connectivity index is 2.12. The third-order valence-electron chi connectivity index (χ3n) is 2.96. The number of hydrogen-bond acceptors (Lipinski definition) is 2. The van der Waals surface area contributed by atoms with Crippen molar-refractivity contribution < 1.29 is 35.8 Å². The highest BCUT2D eigenvalue weighted by atomic mass is 127. The summed E-state index contributed by atoms with van der Waals surface area (Å²) in [5.41, 5.74) is 4.01. The van der Waals surface area contributed by atoms with Gasteiger partial charge in [-0.1, -0.05) is 17.7 Å². The molecule has 0 fully saturated rings. The van der Waals surface area contributed by atoms with Crippen LogP contribution < -0.4 is 25.9 Å². The van der Waals surface area contributed by atoms with E-state index >= 15 is 0 Å². The largest absolute Gasteiger partial charge is 0.482 e. The summed E-state index contributed by atoms with van der Waals surface area (Å²) in [6, 6.07) is 12.2. The molecule has 0 amide bonds. The zero-order valence-corrected chi connectivity index (χ0v) is 14.5. The van der Waals surface area contributed by atoms with Crippen molar-refractivity contribution in [2.45, 2.75) is 20.8 Å². The van der Waals surface area contributed by atoms with Gasteiger partial charge in [-0.25, -0.2) is 4.79 Å². The van der Waals surface area contributed by atoms with E-state index in [2.05, 4.69) is 32.9 Å². The van der Waals surface area contributed by atoms with Gasteiger partial charge in [-0.05, 0) is 45.0 Å². The summed E-state index contributed by atoms with van der Waals surface area (Å²) in [5, 5.41) is 8.59. The highest BCUT2D eigenvalue weighted by Gasteiger charge is 2.21. The average Bonchev–Trinajstić information content (AvgIpc) is 2.41. The van der Waals surface area contributed by atoms with E-state index < -0.39 is 5.97 Å². The summed E-state index contributed by atoms with van der Waals surface area (Å²) < 4.78 is 7.90. The normalized spacial score (nSPS) is 10.4. The molecule has 0 aliphatic carbocycles. The van der Waals surface area contributed by atoms with Crippen LogP contribution in [0.2, 0.25) is 0 Å². The molecular formula is C17H18IO3+. The first-order valence-electron chi connectivity index (χ1n) is 6.63. The second kappa shape index (κ2) is 6.93. The van der Waals surface area contributed by atoms with Crippen molar-refractivity contribution >= 4 is 5.97 Å². The number of carboxylic acid groups (broad SMARTS) is 1. The SMILES string of the molecule is Cc1cc(C)c([I+]c2ccc(OCC(=O)O)cc2)c(C)c1. The van der Waals surface area contributed by atoms with Gasteiger partial charge in [-0.2, -0.15) is 0 Å². The Bertz CT molecular complexity index is 625. The molecular weight excluding hydrogens is 379 g/mol. The first-order chi connectivity index (χ1) is 9.95. The molecule has 0 atom stereocenters. The zero-order valence-electron chi connectivity index (χ0n) is 12.3. The Morgan fingerprint density at radius 2 is 1.67 bits per heavy atom. The van der Waals surface area contributed by atoms with Crippen LogP contribution in [0.25, 0.3) is 0 Å². The second-order valence-electron chi connectivity index (χ2n) is 4.94.